The summed E-state index contributed by atoms with van der Waals surface area (Å²) in [5.74, 6) is 1.77. The Bertz CT molecular complexity index is 874. The molecule has 5 rings (SSSR count). The van der Waals surface area contributed by atoms with E-state index in [1.807, 2.05) is 6.21 Å². The Morgan fingerprint density at radius 3 is 2.73 bits per heavy atom. The van der Waals surface area contributed by atoms with E-state index < -0.39 is 0 Å². The van der Waals surface area contributed by atoms with E-state index in [9.17, 15) is 0 Å². The molecule has 2 bridgehead atoms. The molecule has 3 aliphatic heterocycles. The second-order valence-electron chi connectivity index (χ2n) is 7.54. The largest absolute Gasteiger partial charge is 0.340 e. The minimum atomic E-state index is 0.514. The van der Waals surface area contributed by atoms with Crippen molar-refractivity contribution in [3.63, 3.8) is 0 Å². The molecule has 0 saturated carbocycles. The first-order chi connectivity index (χ1) is 12.7. The molecule has 26 heavy (non-hydrogen) atoms. The smallest absolute Gasteiger partial charge is 0.228 e. The van der Waals surface area contributed by atoms with Gasteiger partial charge in [-0.15, -0.1) is 0 Å². The number of hydrogen-bond donors (Lipinski definition) is 2. The van der Waals surface area contributed by atoms with Gasteiger partial charge in [-0.05, 0) is 49.9 Å². The Balaban J connectivity index is 1.49. The quantitative estimate of drug-likeness (QED) is 0.893. The van der Waals surface area contributed by atoms with Gasteiger partial charge in [0.2, 0.25) is 5.95 Å². The second kappa shape index (κ2) is 6.06. The van der Waals surface area contributed by atoms with E-state index in [0.29, 0.717) is 12.1 Å². The van der Waals surface area contributed by atoms with Gasteiger partial charge < -0.3 is 15.5 Å². The fourth-order valence-electron chi connectivity index (χ4n) is 4.27. The third kappa shape index (κ3) is 2.56. The fraction of sp³-hybridized carbons (Fsp3) is 0.450. The highest BCUT2D eigenvalue weighted by atomic mass is 15.4. The number of benzene rings is 1. The zero-order valence-corrected chi connectivity index (χ0v) is 15.3. The average molecular weight is 348 g/mol. The molecule has 4 heterocycles. The third-order valence-corrected chi connectivity index (χ3v) is 5.89. The molecule has 1 aromatic carbocycles. The highest BCUT2D eigenvalue weighted by Crippen LogP contribution is 2.32. The second-order valence-corrected chi connectivity index (χ2v) is 7.54. The van der Waals surface area contributed by atoms with Crippen molar-refractivity contribution >= 4 is 23.7 Å². The number of nitrogens with zero attached hydrogens (tertiary/aromatic N) is 4. The van der Waals surface area contributed by atoms with Crippen LogP contribution < -0.4 is 15.5 Å². The van der Waals surface area contributed by atoms with E-state index in [0.717, 1.165) is 48.3 Å². The molecule has 134 valence electrons. The van der Waals surface area contributed by atoms with E-state index in [1.165, 1.54) is 24.0 Å². The Labute approximate surface area is 153 Å². The molecule has 2 fully saturated rings. The summed E-state index contributed by atoms with van der Waals surface area (Å²) < 4.78 is 0. The van der Waals surface area contributed by atoms with Crippen molar-refractivity contribution in [3.05, 3.63) is 40.6 Å². The molecule has 2 saturated heterocycles. The Morgan fingerprint density at radius 2 is 1.92 bits per heavy atom. The van der Waals surface area contributed by atoms with Gasteiger partial charge in [0.15, 0.2) is 0 Å². The maximum absolute atomic E-state index is 4.93. The predicted molar refractivity (Wildman–Crippen MR) is 105 cm³/mol. The van der Waals surface area contributed by atoms with Gasteiger partial charge in [-0.25, -0.2) is 4.98 Å². The molecular formula is C20H24N6. The molecule has 0 aliphatic carbocycles. The number of aromatic nitrogens is 2. The summed E-state index contributed by atoms with van der Waals surface area (Å²) in [4.78, 5) is 16.5. The summed E-state index contributed by atoms with van der Waals surface area (Å²) in [5, 5.41) is 7.04. The van der Waals surface area contributed by atoms with Crippen LogP contribution >= 0.6 is 0 Å². The maximum Gasteiger partial charge on any atom is 0.228 e. The van der Waals surface area contributed by atoms with Crippen molar-refractivity contribution in [2.45, 2.75) is 45.3 Å². The van der Waals surface area contributed by atoms with Gasteiger partial charge in [-0.3, -0.25) is 4.99 Å². The first-order valence-corrected chi connectivity index (χ1v) is 9.43. The van der Waals surface area contributed by atoms with Gasteiger partial charge in [0.05, 0.1) is 6.54 Å². The molecule has 0 radical (unpaired) electrons. The van der Waals surface area contributed by atoms with Crippen molar-refractivity contribution in [2.24, 2.45) is 4.99 Å². The summed E-state index contributed by atoms with van der Waals surface area (Å²) in [6.07, 6.45) is 4.39. The lowest BCUT2D eigenvalue weighted by Crippen LogP contribution is -2.52. The van der Waals surface area contributed by atoms with E-state index in [-0.39, 0.29) is 0 Å². The van der Waals surface area contributed by atoms with Crippen molar-refractivity contribution < 1.29 is 0 Å². The van der Waals surface area contributed by atoms with Crippen LogP contribution in [0.3, 0.4) is 0 Å². The number of fused-ring (bicyclic) bond motifs is 3. The zero-order chi connectivity index (χ0) is 17.7. The number of anilines is 3. The Morgan fingerprint density at radius 1 is 1.12 bits per heavy atom. The van der Waals surface area contributed by atoms with Crippen molar-refractivity contribution in [2.75, 3.05) is 23.3 Å². The number of hydrogen-bond acceptors (Lipinski definition) is 6. The molecule has 2 aromatic rings. The van der Waals surface area contributed by atoms with Crippen LogP contribution in [0.15, 0.2) is 23.2 Å². The van der Waals surface area contributed by atoms with Gasteiger partial charge in [0.25, 0.3) is 0 Å². The van der Waals surface area contributed by atoms with Gasteiger partial charge in [0.1, 0.15) is 5.82 Å². The number of aliphatic imine (C=N–C) groups is 1. The Kier molecular flexibility index (Phi) is 3.67. The standard InChI is InChI=1S/C20H24N6/c1-12-13(2)23-20(26-17-5-6-18(26)11-22-10-17)25-19(12)24-16-4-3-14-8-21-9-15(14)7-16/h3-4,7,9,17-18,22H,5-6,8,10-11H2,1-2H3,(H,23,24,25). The molecule has 3 aliphatic rings. The number of nitrogens with one attached hydrogen (secondary N) is 2. The zero-order valence-electron chi connectivity index (χ0n) is 15.3. The SMILES string of the molecule is Cc1nc(N2C3CCC2CNC3)nc(Nc2ccc3c(c2)C=NC3)c1C. The van der Waals surface area contributed by atoms with E-state index >= 15 is 0 Å². The molecular weight excluding hydrogens is 324 g/mol. The van der Waals surface area contributed by atoms with E-state index in [1.54, 1.807) is 0 Å². The van der Waals surface area contributed by atoms with E-state index in [4.69, 9.17) is 9.97 Å². The molecule has 1 aromatic heterocycles. The topological polar surface area (TPSA) is 65.4 Å². The highest BCUT2D eigenvalue weighted by Gasteiger charge is 2.38. The lowest BCUT2D eigenvalue weighted by Gasteiger charge is -2.35. The van der Waals surface area contributed by atoms with Crippen LogP contribution in [0.25, 0.3) is 0 Å². The summed E-state index contributed by atoms with van der Waals surface area (Å²) in [6, 6.07) is 7.43. The summed E-state index contributed by atoms with van der Waals surface area (Å²) in [5.41, 5.74) is 5.67. The number of piperazine rings is 1. The molecule has 2 N–H and O–H groups in total. The molecule has 6 nitrogen and oxygen atoms in total. The van der Waals surface area contributed by atoms with Crippen LogP contribution in [0, 0.1) is 13.8 Å². The predicted octanol–water partition coefficient (Wildman–Crippen LogP) is 2.71. The summed E-state index contributed by atoms with van der Waals surface area (Å²) in [7, 11) is 0. The van der Waals surface area contributed by atoms with Crippen molar-refractivity contribution in [1.29, 1.82) is 0 Å². The third-order valence-electron chi connectivity index (χ3n) is 5.89. The van der Waals surface area contributed by atoms with Crippen LogP contribution in [0.5, 0.6) is 0 Å². The summed E-state index contributed by atoms with van der Waals surface area (Å²) in [6.45, 7) is 7.00. The van der Waals surface area contributed by atoms with Crippen molar-refractivity contribution in [1.82, 2.24) is 15.3 Å². The van der Waals surface area contributed by atoms with Gasteiger partial charge >= 0.3 is 0 Å². The van der Waals surface area contributed by atoms with Crippen LogP contribution in [0.2, 0.25) is 0 Å². The van der Waals surface area contributed by atoms with Crippen LogP contribution in [0.4, 0.5) is 17.5 Å². The highest BCUT2D eigenvalue weighted by molar-refractivity contribution is 5.86. The van der Waals surface area contributed by atoms with Gasteiger partial charge in [-0.1, -0.05) is 6.07 Å². The first-order valence-electron chi connectivity index (χ1n) is 9.43. The molecule has 2 unspecified atom stereocenters. The molecule has 2 atom stereocenters. The lowest BCUT2D eigenvalue weighted by molar-refractivity contribution is 0.476. The average Bonchev–Trinajstić information content (AvgIpc) is 3.20. The lowest BCUT2D eigenvalue weighted by atomic mass is 10.1. The number of rotatable bonds is 3. The minimum Gasteiger partial charge on any atom is -0.340 e. The van der Waals surface area contributed by atoms with Crippen molar-refractivity contribution in [3.8, 4) is 0 Å². The monoisotopic (exact) mass is 348 g/mol. The molecule has 6 heteroatoms. The first kappa shape index (κ1) is 15.8. The molecule has 0 spiro atoms. The van der Waals surface area contributed by atoms with Crippen LogP contribution in [-0.4, -0.2) is 41.4 Å². The maximum atomic E-state index is 4.93. The van der Waals surface area contributed by atoms with E-state index in [2.05, 4.69) is 52.6 Å². The van der Waals surface area contributed by atoms with Gasteiger partial charge in [-0.2, -0.15) is 4.98 Å². The van der Waals surface area contributed by atoms with Crippen LogP contribution in [0.1, 0.15) is 35.2 Å². The molecule has 0 amide bonds. The summed E-state index contributed by atoms with van der Waals surface area (Å²) >= 11 is 0. The van der Waals surface area contributed by atoms with Gasteiger partial charge in [0, 0.05) is 48.3 Å². The Hall–Kier alpha value is -2.47. The fourth-order valence-corrected chi connectivity index (χ4v) is 4.27. The number of aryl methyl sites for hydroxylation is 1. The normalized spacial score (nSPS) is 23.4. The minimum absolute atomic E-state index is 0.514. The van der Waals surface area contributed by atoms with Crippen LogP contribution in [-0.2, 0) is 6.54 Å².